The van der Waals surface area contributed by atoms with Gasteiger partial charge in [0.1, 0.15) is 0 Å². The molecule has 30 heavy (non-hydrogen) atoms. The molecule has 3 aromatic rings. The lowest BCUT2D eigenvalue weighted by Crippen LogP contribution is -2.50. The van der Waals surface area contributed by atoms with Crippen molar-refractivity contribution in [2.75, 3.05) is 36.4 Å². The standard InChI is InChI=1S/C22H22BrN5O2/c23-18-3-1-2-4-19(18)24-22(29)28-13-11-27(12-14-28)17-9-7-15(8-10-17)20-25-21(30-26-20)16-5-6-16/h1-4,7-10,16H,5-6,11-14H2,(H,24,29). The molecule has 8 heteroatoms. The lowest BCUT2D eigenvalue weighted by atomic mass is 10.1. The molecule has 1 N–H and O–H groups in total. The number of benzene rings is 2. The van der Waals surface area contributed by atoms with Crippen molar-refractivity contribution in [1.82, 2.24) is 15.0 Å². The van der Waals surface area contributed by atoms with Gasteiger partial charge in [-0.15, -0.1) is 0 Å². The first-order valence-electron chi connectivity index (χ1n) is 10.2. The molecule has 0 bridgehead atoms. The molecule has 0 atom stereocenters. The fourth-order valence-corrected chi connectivity index (χ4v) is 3.98. The summed E-state index contributed by atoms with van der Waals surface area (Å²) < 4.78 is 6.23. The van der Waals surface area contributed by atoms with Crippen LogP contribution in [-0.2, 0) is 0 Å². The van der Waals surface area contributed by atoms with Crippen molar-refractivity contribution in [3.63, 3.8) is 0 Å². The van der Waals surface area contributed by atoms with E-state index in [9.17, 15) is 4.79 Å². The zero-order chi connectivity index (χ0) is 20.5. The van der Waals surface area contributed by atoms with E-state index in [-0.39, 0.29) is 6.03 Å². The fraction of sp³-hybridized carbons (Fsp3) is 0.318. The molecule has 0 spiro atoms. The average Bonchev–Trinajstić information content (AvgIpc) is 3.52. The molecule has 2 aromatic carbocycles. The van der Waals surface area contributed by atoms with Crippen LogP contribution in [0.15, 0.2) is 57.5 Å². The van der Waals surface area contributed by atoms with Crippen LogP contribution in [0.1, 0.15) is 24.7 Å². The van der Waals surface area contributed by atoms with Crippen LogP contribution in [0.25, 0.3) is 11.4 Å². The number of anilines is 2. The summed E-state index contributed by atoms with van der Waals surface area (Å²) in [6.07, 6.45) is 2.29. The van der Waals surface area contributed by atoms with E-state index < -0.39 is 0 Å². The number of hydrogen-bond donors (Lipinski definition) is 1. The summed E-state index contributed by atoms with van der Waals surface area (Å²) >= 11 is 3.47. The molecule has 2 aliphatic rings. The predicted octanol–water partition coefficient (Wildman–Crippen LogP) is 4.73. The van der Waals surface area contributed by atoms with Gasteiger partial charge in [-0.3, -0.25) is 0 Å². The Kier molecular flexibility index (Phi) is 5.16. The van der Waals surface area contributed by atoms with Gasteiger partial charge in [-0.05, 0) is 65.2 Å². The predicted molar refractivity (Wildman–Crippen MR) is 119 cm³/mol. The quantitative estimate of drug-likeness (QED) is 0.600. The number of nitrogens with one attached hydrogen (secondary N) is 1. The van der Waals surface area contributed by atoms with Crippen molar-refractivity contribution >= 4 is 33.3 Å². The molecule has 1 saturated heterocycles. The first-order valence-corrected chi connectivity index (χ1v) is 11.0. The van der Waals surface area contributed by atoms with Gasteiger partial charge < -0.3 is 19.6 Å². The number of piperazine rings is 1. The Labute approximate surface area is 183 Å². The smallest absolute Gasteiger partial charge is 0.321 e. The third-order valence-corrected chi connectivity index (χ3v) is 6.23. The summed E-state index contributed by atoms with van der Waals surface area (Å²) in [5.41, 5.74) is 2.88. The molecular formula is C22H22BrN5O2. The normalized spacial score (nSPS) is 16.6. The lowest BCUT2D eigenvalue weighted by molar-refractivity contribution is 0.208. The van der Waals surface area contributed by atoms with Crippen LogP contribution in [0.3, 0.4) is 0 Å². The van der Waals surface area contributed by atoms with Gasteiger partial charge in [0.25, 0.3) is 0 Å². The maximum absolute atomic E-state index is 12.6. The SMILES string of the molecule is O=C(Nc1ccccc1Br)N1CCN(c2ccc(-c3noc(C4CC4)n3)cc2)CC1. The van der Waals surface area contributed by atoms with Crippen LogP contribution < -0.4 is 10.2 Å². The highest BCUT2D eigenvalue weighted by Gasteiger charge is 2.29. The maximum Gasteiger partial charge on any atom is 0.321 e. The van der Waals surface area contributed by atoms with Gasteiger partial charge in [0.05, 0.1) is 5.69 Å². The molecule has 5 rings (SSSR count). The number of carbonyl (C=O) groups is 1. The molecule has 2 heterocycles. The van der Waals surface area contributed by atoms with E-state index in [1.807, 2.05) is 41.3 Å². The third kappa shape index (κ3) is 4.05. The number of hydrogen-bond acceptors (Lipinski definition) is 5. The van der Waals surface area contributed by atoms with Crippen LogP contribution in [-0.4, -0.2) is 47.3 Å². The number of nitrogens with zero attached hydrogens (tertiary/aromatic N) is 4. The second-order valence-electron chi connectivity index (χ2n) is 7.66. The van der Waals surface area contributed by atoms with Gasteiger partial charge in [-0.2, -0.15) is 4.98 Å². The zero-order valence-electron chi connectivity index (χ0n) is 16.4. The van der Waals surface area contributed by atoms with Crippen molar-refractivity contribution in [2.45, 2.75) is 18.8 Å². The summed E-state index contributed by atoms with van der Waals surface area (Å²) in [5.74, 6) is 1.87. The van der Waals surface area contributed by atoms with Crippen molar-refractivity contribution in [3.05, 3.63) is 58.9 Å². The Hall–Kier alpha value is -2.87. The molecular weight excluding hydrogens is 446 g/mol. The van der Waals surface area contributed by atoms with E-state index in [2.05, 4.69) is 48.4 Å². The number of rotatable bonds is 4. The van der Waals surface area contributed by atoms with E-state index in [1.54, 1.807) is 0 Å². The van der Waals surface area contributed by atoms with Gasteiger partial charge in [0, 0.05) is 47.8 Å². The topological polar surface area (TPSA) is 74.5 Å². The molecule has 1 saturated carbocycles. The summed E-state index contributed by atoms with van der Waals surface area (Å²) in [6.45, 7) is 2.93. The van der Waals surface area contributed by atoms with Crippen LogP contribution in [0.4, 0.5) is 16.2 Å². The van der Waals surface area contributed by atoms with Crippen LogP contribution >= 0.6 is 15.9 Å². The number of para-hydroxylation sites is 1. The van der Waals surface area contributed by atoms with Gasteiger partial charge in [0.2, 0.25) is 11.7 Å². The Balaban J connectivity index is 1.18. The summed E-state index contributed by atoms with van der Waals surface area (Å²) in [4.78, 5) is 21.2. The molecule has 0 unspecified atom stereocenters. The Morgan fingerprint density at radius 1 is 1.03 bits per heavy atom. The summed E-state index contributed by atoms with van der Waals surface area (Å²) in [5, 5.41) is 7.08. The van der Waals surface area contributed by atoms with E-state index >= 15 is 0 Å². The lowest BCUT2D eigenvalue weighted by Gasteiger charge is -2.36. The van der Waals surface area contributed by atoms with Crippen LogP contribution in [0, 0.1) is 0 Å². The van der Waals surface area contributed by atoms with Crippen LogP contribution in [0.2, 0.25) is 0 Å². The number of carbonyl (C=O) groups excluding carboxylic acids is 1. The van der Waals surface area contributed by atoms with Crippen molar-refractivity contribution in [3.8, 4) is 11.4 Å². The van der Waals surface area contributed by atoms with Crippen molar-refractivity contribution in [1.29, 1.82) is 0 Å². The molecule has 0 radical (unpaired) electrons. The van der Waals surface area contributed by atoms with Gasteiger partial charge in [0.15, 0.2) is 0 Å². The minimum absolute atomic E-state index is 0.0690. The van der Waals surface area contributed by atoms with E-state index in [0.29, 0.717) is 24.8 Å². The minimum atomic E-state index is -0.0690. The fourth-order valence-electron chi connectivity index (χ4n) is 3.59. The van der Waals surface area contributed by atoms with Gasteiger partial charge in [-0.25, -0.2) is 4.79 Å². The third-order valence-electron chi connectivity index (χ3n) is 5.54. The summed E-state index contributed by atoms with van der Waals surface area (Å²) in [7, 11) is 0. The molecule has 2 fully saturated rings. The highest BCUT2D eigenvalue weighted by atomic mass is 79.9. The number of halogens is 1. The summed E-state index contributed by atoms with van der Waals surface area (Å²) in [6, 6.07) is 15.8. The zero-order valence-corrected chi connectivity index (χ0v) is 18.0. The molecule has 2 amide bonds. The minimum Gasteiger partial charge on any atom is -0.368 e. The second-order valence-corrected chi connectivity index (χ2v) is 8.52. The maximum atomic E-state index is 12.6. The first-order chi connectivity index (χ1) is 14.7. The largest absolute Gasteiger partial charge is 0.368 e. The van der Waals surface area contributed by atoms with E-state index in [4.69, 9.17) is 4.52 Å². The highest BCUT2D eigenvalue weighted by Crippen LogP contribution is 2.39. The Bertz CT molecular complexity index is 1040. The monoisotopic (exact) mass is 467 g/mol. The average molecular weight is 468 g/mol. The molecule has 1 aliphatic carbocycles. The van der Waals surface area contributed by atoms with Gasteiger partial charge in [-0.1, -0.05) is 17.3 Å². The van der Waals surface area contributed by atoms with E-state index in [0.717, 1.165) is 53.2 Å². The molecule has 1 aliphatic heterocycles. The van der Waals surface area contributed by atoms with Gasteiger partial charge >= 0.3 is 6.03 Å². The van der Waals surface area contributed by atoms with Crippen LogP contribution in [0.5, 0.6) is 0 Å². The van der Waals surface area contributed by atoms with E-state index in [1.165, 1.54) is 0 Å². The molecule has 154 valence electrons. The second kappa shape index (κ2) is 8.10. The number of urea groups is 1. The highest BCUT2D eigenvalue weighted by molar-refractivity contribution is 9.10. The first kappa shape index (κ1) is 19.1. The Morgan fingerprint density at radius 3 is 2.47 bits per heavy atom. The van der Waals surface area contributed by atoms with Crippen molar-refractivity contribution < 1.29 is 9.32 Å². The number of aromatic nitrogens is 2. The number of amides is 2. The molecule has 1 aromatic heterocycles. The van der Waals surface area contributed by atoms with Crippen molar-refractivity contribution in [2.24, 2.45) is 0 Å². The Morgan fingerprint density at radius 2 is 1.77 bits per heavy atom. The molecule has 7 nitrogen and oxygen atoms in total.